The van der Waals surface area contributed by atoms with Crippen LogP contribution in [0.5, 0.6) is 0 Å². The van der Waals surface area contributed by atoms with Gasteiger partial charge in [-0.3, -0.25) is 4.98 Å². The van der Waals surface area contributed by atoms with Gasteiger partial charge in [0.2, 0.25) is 10.0 Å². The molecule has 7 heteroatoms. The summed E-state index contributed by atoms with van der Waals surface area (Å²) in [5.41, 5.74) is 0.882. The molecule has 0 spiro atoms. The fraction of sp³-hybridized carbons (Fsp3) is 0.500. The molecular formula is C10H16N2O4S. The van der Waals surface area contributed by atoms with Crippen molar-refractivity contribution in [1.29, 1.82) is 0 Å². The zero-order valence-corrected chi connectivity index (χ0v) is 10.1. The fourth-order valence-electron chi connectivity index (χ4n) is 1.16. The highest BCUT2D eigenvalue weighted by molar-refractivity contribution is 7.89. The van der Waals surface area contributed by atoms with Crippen molar-refractivity contribution in [2.24, 2.45) is 0 Å². The van der Waals surface area contributed by atoms with Gasteiger partial charge in [-0.25, -0.2) is 13.1 Å². The van der Waals surface area contributed by atoms with E-state index in [1.54, 1.807) is 24.5 Å². The van der Waals surface area contributed by atoms with E-state index in [1.807, 2.05) is 0 Å². The maximum absolute atomic E-state index is 11.5. The number of sulfonamides is 1. The van der Waals surface area contributed by atoms with Crippen LogP contribution >= 0.6 is 0 Å². The Kier molecular flexibility index (Phi) is 5.49. The van der Waals surface area contributed by atoms with Crippen LogP contribution < -0.4 is 4.72 Å². The van der Waals surface area contributed by atoms with Gasteiger partial charge in [0.15, 0.2) is 0 Å². The minimum atomic E-state index is -3.43. The first-order chi connectivity index (χ1) is 8.03. The molecule has 1 rings (SSSR count). The number of hydrogen-bond donors (Lipinski definition) is 3. The van der Waals surface area contributed by atoms with Crippen LogP contribution in [-0.4, -0.2) is 48.6 Å². The number of nitrogens with zero attached hydrogens (tertiary/aromatic N) is 1. The molecule has 1 unspecified atom stereocenters. The van der Waals surface area contributed by atoms with Gasteiger partial charge in [-0.1, -0.05) is 0 Å². The Morgan fingerprint density at radius 3 is 2.59 bits per heavy atom. The highest BCUT2D eigenvalue weighted by Gasteiger charge is 2.12. The molecular weight excluding hydrogens is 244 g/mol. The predicted octanol–water partition coefficient (Wildman–Crippen LogP) is -1.10. The Morgan fingerprint density at radius 2 is 2.00 bits per heavy atom. The molecule has 0 saturated heterocycles. The largest absolute Gasteiger partial charge is 0.394 e. The summed E-state index contributed by atoms with van der Waals surface area (Å²) in [6.45, 7) is -0.637. The van der Waals surface area contributed by atoms with Crippen molar-refractivity contribution in [1.82, 2.24) is 9.71 Å². The summed E-state index contributed by atoms with van der Waals surface area (Å²) in [5, 5.41) is 17.6. The SMILES string of the molecule is O=S(=O)(CCc1ccncc1)NCC(O)CO. The number of pyridine rings is 1. The Hall–Kier alpha value is -1.02. The molecule has 0 aliphatic rings. The van der Waals surface area contributed by atoms with Crippen molar-refractivity contribution < 1.29 is 18.6 Å². The molecule has 96 valence electrons. The molecule has 6 nitrogen and oxygen atoms in total. The topological polar surface area (TPSA) is 99.5 Å². The maximum atomic E-state index is 11.5. The third-order valence-electron chi connectivity index (χ3n) is 2.16. The van der Waals surface area contributed by atoms with Gasteiger partial charge in [0.05, 0.1) is 18.5 Å². The Balaban J connectivity index is 2.40. The molecule has 17 heavy (non-hydrogen) atoms. The standard InChI is InChI=1S/C10H16N2O4S/c13-8-10(14)7-12-17(15,16)6-3-9-1-4-11-5-2-9/h1-2,4-5,10,12-14H,3,6-8H2. The molecule has 3 N–H and O–H groups in total. The van der Waals surface area contributed by atoms with Crippen LogP contribution in [0.1, 0.15) is 5.56 Å². The number of nitrogens with one attached hydrogen (secondary N) is 1. The molecule has 0 fully saturated rings. The van der Waals surface area contributed by atoms with Crippen LogP contribution in [0.25, 0.3) is 0 Å². The first-order valence-corrected chi connectivity index (χ1v) is 6.84. The summed E-state index contributed by atoms with van der Waals surface area (Å²) >= 11 is 0. The van der Waals surface area contributed by atoms with Gasteiger partial charge < -0.3 is 10.2 Å². The van der Waals surface area contributed by atoms with Crippen LogP contribution in [0.4, 0.5) is 0 Å². The summed E-state index contributed by atoms with van der Waals surface area (Å²) in [6.07, 6.45) is 2.52. The second-order valence-electron chi connectivity index (χ2n) is 3.61. The number of aromatic nitrogens is 1. The summed E-state index contributed by atoms with van der Waals surface area (Å²) in [4.78, 5) is 3.83. The molecule has 0 aliphatic carbocycles. The van der Waals surface area contributed by atoms with Gasteiger partial charge >= 0.3 is 0 Å². The quantitative estimate of drug-likeness (QED) is 0.577. The normalized spacial score (nSPS) is 13.5. The molecule has 0 aliphatic heterocycles. The van der Waals surface area contributed by atoms with Crippen molar-refractivity contribution in [2.45, 2.75) is 12.5 Å². The molecule has 1 aromatic heterocycles. The average Bonchev–Trinajstić information content (AvgIpc) is 2.35. The molecule has 0 aromatic carbocycles. The smallest absolute Gasteiger partial charge is 0.212 e. The molecule has 1 atom stereocenters. The van der Waals surface area contributed by atoms with Crippen molar-refractivity contribution in [3.63, 3.8) is 0 Å². The van der Waals surface area contributed by atoms with Gasteiger partial charge in [0.25, 0.3) is 0 Å². The zero-order valence-electron chi connectivity index (χ0n) is 9.28. The number of aliphatic hydroxyl groups excluding tert-OH is 2. The second-order valence-corrected chi connectivity index (χ2v) is 5.54. The lowest BCUT2D eigenvalue weighted by Gasteiger charge is -2.09. The summed E-state index contributed by atoms with van der Waals surface area (Å²) in [7, 11) is -3.43. The van der Waals surface area contributed by atoms with Gasteiger partial charge in [-0.2, -0.15) is 0 Å². The van der Waals surface area contributed by atoms with Crippen molar-refractivity contribution in [2.75, 3.05) is 18.9 Å². The third-order valence-corrected chi connectivity index (χ3v) is 3.51. The van der Waals surface area contributed by atoms with E-state index in [-0.39, 0.29) is 12.3 Å². The predicted molar refractivity (Wildman–Crippen MR) is 62.8 cm³/mol. The minimum absolute atomic E-state index is 0.0604. The number of aliphatic hydroxyl groups is 2. The van der Waals surface area contributed by atoms with E-state index < -0.39 is 22.7 Å². The van der Waals surface area contributed by atoms with Gasteiger partial charge in [-0.15, -0.1) is 0 Å². The average molecular weight is 260 g/mol. The first-order valence-electron chi connectivity index (χ1n) is 5.18. The van der Waals surface area contributed by atoms with Crippen molar-refractivity contribution in [3.8, 4) is 0 Å². The first kappa shape index (κ1) is 14.0. The lowest BCUT2D eigenvalue weighted by atomic mass is 10.2. The Labute approximate surface area is 100 Å². The number of rotatable bonds is 7. The summed E-state index contributed by atoms with van der Waals surface area (Å²) in [5.74, 6) is -0.0604. The summed E-state index contributed by atoms with van der Waals surface area (Å²) in [6, 6.07) is 3.50. The van der Waals surface area contributed by atoms with Gasteiger partial charge in [-0.05, 0) is 24.1 Å². The van der Waals surface area contributed by atoms with Crippen LogP contribution in [-0.2, 0) is 16.4 Å². The lowest BCUT2D eigenvalue weighted by Crippen LogP contribution is -2.35. The number of aryl methyl sites for hydroxylation is 1. The molecule has 0 amide bonds. The highest BCUT2D eigenvalue weighted by atomic mass is 32.2. The van der Waals surface area contributed by atoms with Crippen LogP contribution in [0.15, 0.2) is 24.5 Å². The lowest BCUT2D eigenvalue weighted by molar-refractivity contribution is 0.0988. The van der Waals surface area contributed by atoms with Crippen LogP contribution in [0.3, 0.4) is 0 Å². The van der Waals surface area contributed by atoms with E-state index in [1.165, 1.54) is 0 Å². The van der Waals surface area contributed by atoms with E-state index >= 15 is 0 Å². The molecule has 0 radical (unpaired) electrons. The monoisotopic (exact) mass is 260 g/mol. The van der Waals surface area contributed by atoms with E-state index in [0.717, 1.165) is 5.56 Å². The van der Waals surface area contributed by atoms with E-state index in [0.29, 0.717) is 6.42 Å². The third kappa shape index (κ3) is 5.73. The van der Waals surface area contributed by atoms with E-state index in [2.05, 4.69) is 9.71 Å². The van der Waals surface area contributed by atoms with Crippen LogP contribution in [0, 0.1) is 0 Å². The van der Waals surface area contributed by atoms with Gasteiger partial charge in [0, 0.05) is 18.9 Å². The van der Waals surface area contributed by atoms with Crippen molar-refractivity contribution >= 4 is 10.0 Å². The number of hydrogen-bond acceptors (Lipinski definition) is 5. The second kappa shape index (κ2) is 6.65. The van der Waals surface area contributed by atoms with Crippen LogP contribution in [0.2, 0.25) is 0 Å². The van der Waals surface area contributed by atoms with Gasteiger partial charge in [0.1, 0.15) is 0 Å². The summed E-state index contributed by atoms with van der Waals surface area (Å²) < 4.78 is 25.2. The fourth-order valence-corrected chi connectivity index (χ4v) is 2.26. The zero-order chi connectivity index (χ0) is 12.7. The highest BCUT2D eigenvalue weighted by Crippen LogP contribution is 1.99. The maximum Gasteiger partial charge on any atom is 0.212 e. The molecule has 1 heterocycles. The van der Waals surface area contributed by atoms with Crippen molar-refractivity contribution in [3.05, 3.63) is 30.1 Å². The Morgan fingerprint density at radius 1 is 1.35 bits per heavy atom. The van der Waals surface area contributed by atoms with E-state index in [9.17, 15) is 8.42 Å². The molecule has 1 aromatic rings. The molecule has 0 bridgehead atoms. The molecule has 0 saturated carbocycles. The van der Waals surface area contributed by atoms with E-state index in [4.69, 9.17) is 10.2 Å². The minimum Gasteiger partial charge on any atom is -0.394 e. The Bertz CT molecular complexity index is 421.